The van der Waals surface area contributed by atoms with E-state index in [1.807, 2.05) is 43.3 Å². The van der Waals surface area contributed by atoms with E-state index in [0.29, 0.717) is 5.76 Å². The van der Waals surface area contributed by atoms with Gasteiger partial charge in [0.25, 0.3) is 0 Å². The molecule has 1 atom stereocenters. The van der Waals surface area contributed by atoms with Crippen LogP contribution in [0.15, 0.2) is 73.0 Å². The number of carbonyl (C=O) groups is 1. The molecule has 1 radical (unpaired) electrons. The fraction of sp³-hybridized carbons (Fsp3) is 0.167. The van der Waals surface area contributed by atoms with Crippen molar-refractivity contribution in [3.8, 4) is 0 Å². The molecule has 1 unspecified atom stereocenters. The van der Waals surface area contributed by atoms with Gasteiger partial charge in [0.05, 0.1) is 11.7 Å². The van der Waals surface area contributed by atoms with Gasteiger partial charge in [-0.3, -0.25) is 4.79 Å². The fourth-order valence-electron chi connectivity index (χ4n) is 1.91. The molecule has 2 nitrogen and oxygen atoms in total. The van der Waals surface area contributed by atoms with Crippen LogP contribution in [0.25, 0.3) is 0 Å². The summed E-state index contributed by atoms with van der Waals surface area (Å²) in [5.41, 5.74) is 0. The summed E-state index contributed by atoms with van der Waals surface area (Å²) < 4.78 is 6.13. The SMILES string of the molecule is C=C(O[Si](c1ccccc1)c1ccccc1)C(C)C(C)=O. The van der Waals surface area contributed by atoms with Crippen LogP contribution in [0.4, 0.5) is 0 Å². The largest absolute Gasteiger partial charge is 0.536 e. The zero-order chi connectivity index (χ0) is 15.2. The van der Waals surface area contributed by atoms with E-state index in [9.17, 15) is 4.79 Å². The van der Waals surface area contributed by atoms with Crippen molar-refractivity contribution in [2.75, 3.05) is 0 Å². The molecule has 0 N–H and O–H groups in total. The number of hydrogen-bond donors (Lipinski definition) is 0. The summed E-state index contributed by atoms with van der Waals surface area (Å²) >= 11 is 0. The van der Waals surface area contributed by atoms with Gasteiger partial charge in [-0.1, -0.05) is 67.2 Å². The van der Waals surface area contributed by atoms with Crippen LogP contribution < -0.4 is 10.4 Å². The third-order valence-electron chi connectivity index (χ3n) is 3.40. The number of benzene rings is 2. The predicted molar refractivity (Wildman–Crippen MR) is 88.0 cm³/mol. The van der Waals surface area contributed by atoms with Crippen molar-refractivity contribution in [3.63, 3.8) is 0 Å². The molecule has 2 rings (SSSR count). The van der Waals surface area contributed by atoms with E-state index in [-0.39, 0.29) is 11.7 Å². The first-order valence-electron chi connectivity index (χ1n) is 6.94. The second-order valence-corrected chi connectivity index (χ2v) is 6.98. The minimum absolute atomic E-state index is 0.0717. The van der Waals surface area contributed by atoms with Gasteiger partial charge in [-0.2, -0.15) is 0 Å². The number of ketones is 1. The molecule has 2 aromatic rings. The van der Waals surface area contributed by atoms with Crippen molar-refractivity contribution in [1.82, 2.24) is 0 Å². The summed E-state index contributed by atoms with van der Waals surface area (Å²) in [4.78, 5) is 11.5. The summed E-state index contributed by atoms with van der Waals surface area (Å²) in [6.45, 7) is 7.35. The maximum atomic E-state index is 11.5. The van der Waals surface area contributed by atoms with Gasteiger partial charge < -0.3 is 4.43 Å². The Bertz CT molecular complexity index is 568. The van der Waals surface area contributed by atoms with Gasteiger partial charge in [-0.15, -0.1) is 0 Å². The van der Waals surface area contributed by atoms with Crippen LogP contribution in [0.2, 0.25) is 0 Å². The minimum Gasteiger partial charge on any atom is -0.536 e. The summed E-state index contributed by atoms with van der Waals surface area (Å²) in [5.74, 6) is 0.337. The van der Waals surface area contributed by atoms with Gasteiger partial charge >= 0.3 is 9.04 Å². The Morgan fingerprint density at radius 3 is 1.81 bits per heavy atom. The molecule has 21 heavy (non-hydrogen) atoms. The molecule has 0 aromatic heterocycles. The summed E-state index contributed by atoms with van der Waals surface area (Å²) in [6.07, 6.45) is 0. The third-order valence-corrected chi connectivity index (χ3v) is 5.58. The molecule has 0 fully saturated rings. The quantitative estimate of drug-likeness (QED) is 0.605. The lowest BCUT2D eigenvalue weighted by molar-refractivity contribution is -0.119. The molecule has 0 spiro atoms. The second-order valence-electron chi connectivity index (χ2n) is 4.96. The molecule has 0 saturated heterocycles. The van der Waals surface area contributed by atoms with Crippen LogP contribution >= 0.6 is 0 Å². The van der Waals surface area contributed by atoms with Crippen LogP contribution in [-0.4, -0.2) is 14.8 Å². The highest BCUT2D eigenvalue weighted by Crippen LogP contribution is 2.12. The summed E-state index contributed by atoms with van der Waals surface area (Å²) in [6, 6.07) is 20.2. The highest BCUT2D eigenvalue weighted by Gasteiger charge is 2.24. The second kappa shape index (κ2) is 7.04. The average Bonchev–Trinajstić information content (AvgIpc) is 2.53. The molecular weight excluding hydrogens is 276 g/mol. The molecular formula is C18H19O2Si. The lowest BCUT2D eigenvalue weighted by atomic mass is 10.1. The van der Waals surface area contributed by atoms with E-state index < -0.39 is 9.04 Å². The standard InChI is InChI=1S/C18H19O2Si/c1-14(15(2)19)16(3)20-21(17-10-6-4-7-11-17)18-12-8-5-9-13-18/h4-14H,3H2,1-2H3. The molecule has 3 heteroatoms. The topological polar surface area (TPSA) is 26.3 Å². The first-order chi connectivity index (χ1) is 10.1. The van der Waals surface area contributed by atoms with Crippen LogP contribution in [-0.2, 0) is 9.22 Å². The molecule has 0 bridgehead atoms. The Kier molecular flexibility index (Phi) is 5.12. The van der Waals surface area contributed by atoms with Gasteiger partial charge in [0.1, 0.15) is 5.78 Å². The monoisotopic (exact) mass is 295 g/mol. The molecule has 0 aliphatic heterocycles. The van der Waals surface area contributed by atoms with Crippen molar-refractivity contribution in [1.29, 1.82) is 0 Å². The Morgan fingerprint density at radius 1 is 1.00 bits per heavy atom. The first-order valence-corrected chi connectivity index (χ1v) is 8.35. The normalized spacial score (nSPS) is 12.0. The van der Waals surface area contributed by atoms with E-state index in [4.69, 9.17) is 4.43 Å². The number of allylic oxidation sites excluding steroid dienone is 1. The van der Waals surface area contributed by atoms with Crippen molar-refractivity contribution < 1.29 is 9.22 Å². The smallest absolute Gasteiger partial charge is 0.352 e. The zero-order valence-corrected chi connectivity index (χ0v) is 13.4. The van der Waals surface area contributed by atoms with Crippen LogP contribution in [0, 0.1) is 5.92 Å². The lowest BCUT2D eigenvalue weighted by Gasteiger charge is -2.21. The van der Waals surface area contributed by atoms with Crippen LogP contribution in [0.3, 0.4) is 0 Å². The number of rotatable bonds is 6. The van der Waals surface area contributed by atoms with E-state index in [1.165, 1.54) is 0 Å². The highest BCUT2D eigenvalue weighted by atomic mass is 28.3. The lowest BCUT2D eigenvalue weighted by Crippen LogP contribution is -2.45. The maximum absolute atomic E-state index is 11.5. The number of hydrogen-bond acceptors (Lipinski definition) is 2. The molecule has 0 amide bonds. The van der Waals surface area contributed by atoms with E-state index >= 15 is 0 Å². The highest BCUT2D eigenvalue weighted by molar-refractivity contribution is 6.80. The van der Waals surface area contributed by atoms with E-state index in [2.05, 4.69) is 30.8 Å². The maximum Gasteiger partial charge on any atom is 0.352 e. The number of carbonyl (C=O) groups excluding carboxylic acids is 1. The third kappa shape index (κ3) is 3.92. The van der Waals surface area contributed by atoms with Crippen molar-refractivity contribution in [3.05, 3.63) is 73.0 Å². The molecule has 2 aromatic carbocycles. The van der Waals surface area contributed by atoms with Gasteiger partial charge in [0, 0.05) is 0 Å². The Hall–Kier alpha value is -2.13. The van der Waals surface area contributed by atoms with Gasteiger partial charge in [0.15, 0.2) is 0 Å². The molecule has 0 aliphatic carbocycles. The number of Topliss-reactive ketones (excluding diaryl/α,β-unsaturated/α-hetero) is 1. The van der Waals surface area contributed by atoms with Crippen LogP contribution in [0.5, 0.6) is 0 Å². The van der Waals surface area contributed by atoms with Crippen LogP contribution in [0.1, 0.15) is 13.8 Å². The van der Waals surface area contributed by atoms with Gasteiger partial charge in [-0.05, 0) is 24.2 Å². The Labute approximate surface area is 127 Å². The first kappa shape index (κ1) is 15.3. The Balaban J connectivity index is 2.30. The molecule has 0 heterocycles. The molecule has 0 aliphatic rings. The van der Waals surface area contributed by atoms with E-state index in [1.54, 1.807) is 6.92 Å². The van der Waals surface area contributed by atoms with Gasteiger partial charge in [0.2, 0.25) is 0 Å². The zero-order valence-electron chi connectivity index (χ0n) is 12.4. The Morgan fingerprint density at radius 2 is 1.43 bits per heavy atom. The average molecular weight is 295 g/mol. The van der Waals surface area contributed by atoms with Crippen molar-refractivity contribution in [2.45, 2.75) is 13.8 Å². The summed E-state index contributed by atoms with van der Waals surface area (Å²) in [5, 5.41) is 2.29. The summed E-state index contributed by atoms with van der Waals surface area (Å²) in [7, 11) is -1.43. The molecule has 0 saturated carbocycles. The van der Waals surface area contributed by atoms with Crippen molar-refractivity contribution >= 4 is 25.2 Å². The molecule has 107 valence electrons. The van der Waals surface area contributed by atoms with Crippen molar-refractivity contribution in [2.24, 2.45) is 5.92 Å². The van der Waals surface area contributed by atoms with Gasteiger partial charge in [-0.25, -0.2) is 0 Å². The van der Waals surface area contributed by atoms with E-state index in [0.717, 1.165) is 10.4 Å². The predicted octanol–water partition coefficient (Wildman–Crippen LogP) is 2.55. The minimum atomic E-state index is -1.43. The fourth-order valence-corrected chi connectivity index (χ4v) is 3.91.